The molecule has 1 aromatic carbocycles. The number of aryl methyl sites for hydroxylation is 1. The number of carbonyl (C=O) groups is 4. The van der Waals surface area contributed by atoms with Crippen LogP contribution < -0.4 is 10.6 Å². The Morgan fingerprint density at radius 3 is 2.43 bits per heavy atom. The smallest absolute Gasteiger partial charge is 0.303 e. The maximum atomic E-state index is 13.7. The molecule has 1 fully saturated rings. The van der Waals surface area contributed by atoms with Gasteiger partial charge in [0.2, 0.25) is 17.7 Å². The van der Waals surface area contributed by atoms with Crippen LogP contribution in [0.4, 0.5) is 0 Å². The van der Waals surface area contributed by atoms with Crippen molar-refractivity contribution in [3.05, 3.63) is 41.0 Å². The van der Waals surface area contributed by atoms with E-state index in [0.29, 0.717) is 12.8 Å². The summed E-state index contributed by atoms with van der Waals surface area (Å²) in [7, 11) is 0. The van der Waals surface area contributed by atoms with E-state index in [9.17, 15) is 24.3 Å². The summed E-state index contributed by atoms with van der Waals surface area (Å²) >= 11 is 1.57. The molecule has 0 aliphatic carbocycles. The van der Waals surface area contributed by atoms with E-state index in [1.807, 2.05) is 58.9 Å². The molecule has 230 valence electrons. The van der Waals surface area contributed by atoms with Gasteiger partial charge in [-0.1, -0.05) is 45.0 Å². The lowest BCUT2D eigenvalue weighted by molar-refractivity contribution is -0.144. The average Bonchev–Trinajstić information content (AvgIpc) is 3.53. The second-order valence-electron chi connectivity index (χ2n) is 11.8. The predicted octanol–water partition coefficient (Wildman–Crippen LogP) is 3.06. The molecule has 11 nitrogen and oxygen atoms in total. The minimum Gasteiger partial charge on any atom is -0.481 e. The first kappa shape index (κ1) is 33.2. The Balaban J connectivity index is 1.62. The van der Waals surface area contributed by atoms with Gasteiger partial charge in [-0.05, 0) is 43.2 Å². The first-order chi connectivity index (χ1) is 19.8. The largest absolute Gasteiger partial charge is 0.481 e. The van der Waals surface area contributed by atoms with Crippen molar-refractivity contribution in [3.63, 3.8) is 0 Å². The minimum absolute atomic E-state index is 0.0171. The molecule has 1 saturated heterocycles. The van der Waals surface area contributed by atoms with Gasteiger partial charge in [-0.2, -0.15) is 0 Å². The van der Waals surface area contributed by atoms with Crippen molar-refractivity contribution in [1.29, 1.82) is 0 Å². The van der Waals surface area contributed by atoms with E-state index in [-0.39, 0.29) is 44.5 Å². The number of β-amino-alcohol motifs (C(OH)–C–C–N with tert-alkyl or cyclic N) is 1. The highest BCUT2D eigenvalue weighted by atomic mass is 32.1. The van der Waals surface area contributed by atoms with Crippen LogP contribution in [0.1, 0.15) is 70.7 Å². The fourth-order valence-electron chi connectivity index (χ4n) is 4.86. The molecule has 1 aliphatic rings. The zero-order valence-electron chi connectivity index (χ0n) is 24.9. The summed E-state index contributed by atoms with van der Waals surface area (Å²) in [4.78, 5) is 57.1. The fraction of sp³-hybridized carbons (Fsp3) is 0.567. The van der Waals surface area contributed by atoms with E-state index >= 15 is 0 Å². The van der Waals surface area contributed by atoms with Crippen LogP contribution in [0.2, 0.25) is 0 Å². The van der Waals surface area contributed by atoms with Gasteiger partial charge < -0.3 is 30.5 Å². The number of unbranched alkanes of at least 4 members (excludes halogenated alkanes) is 1. The van der Waals surface area contributed by atoms with Crippen LogP contribution in [-0.4, -0.2) is 81.7 Å². The summed E-state index contributed by atoms with van der Waals surface area (Å²) in [6, 6.07) is 5.70. The van der Waals surface area contributed by atoms with Crippen molar-refractivity contribution in [1.82, 2.24) is 20.5 Å². The summed E-state index contributed by atoms with van der Waals surface area (Å²) in [6.45, 7) is 9.18. The maximum Gasteiger partial charge on any atom is 0.303 e. The molecular formula is C30H42N4O7S. The number of thiazole rings is 1. The molecule has 4 atom stereocenters. The van der Waals surface area contributed by atoms with Gasteiger partial charge in [-0.3, -0.25) is 19.2 Å². The molecule has 1 unspecified atom stereocenters. The van der Waals surface area contributed by atoms with Crippen LogP contribution in [0.5, 0.6) is 0 Å². The van der Waals surface area contributed by atoms with Crippen LogP contribution >= 0.6 is 11.3 Å². The molecular weight excluding hydrogens is 560 g/mol. The minimum atomic E-state index is -0.957. The standard InChI is InChI=1S/C30H42N4O7S/c1-18(20-9-11-21(12-10-20)26-19(2)31-17-42-26)32-28(39)23-14-22(35)15-34(23)29(40)27(30(3,4)5)33-24(36)16-41-13-7-6-8-25(37)38/h9-12,17-18,22-23,27,35H,6-8,13-16H2,1-5H3,(H,32,39)(H,33,36)(H,37,38)/t18-,22+,23-,27?/m0/s1. The second kappa shape index (κ2) is 14.7. The first-order valence-electron chi connectivity index (χ1n) is 14.2. The Hall–Kier alpha value is -3.35. The number of amides is 3. The summed E-state index contributed by atoms with van der Waals surface area (Å²) in [5.74, 6) is -2.21. The molecule has 0 radical (unpaired) electrons. The Bertz CT molecular complexity index is 1240. The summed E-state index contributed by atoms with van der Waals surface area (Å²) in [6.07, 6.45) is 0.200. The van der Waals surface area contributed by atoms with Crippen molar-refractivity contribution >= 4 is 35.0 Å². The van der Waals surface area contributed by atoms with Gasteiger partial charge in [0.1, 0.15) is 18.7 Å². The molecule has 0 saturated carbocycles. The number of hydrogen-bond acceptors (Lipinski definition) is 8. The van der Waals surface area contributed by atoms with Gasteiger partial charge in [-0.15, -0.1) is 11.3 Å². The SMILES string of the molecule is Cc1ncsc1-c1ccc([C@H](C)NC(=O)[C@@H]2C[C@@H](O)CN2C(=O)C(NC(=O)COCCCCC(=O)O)C(C)(C)C)cc1. The normalized spacial score (nSPS) is 18.4. The van der Waals surface area contributed by atoms with E-state index in [2.05, 4.69) is 15.6 Å². The number of aliphatic hydroxyl groups is 1. The number of nitrogens with zero attached hydrogens (tertiary/aromatic N) is 2. The van der Waals surface area contributed by atoms with Gasteiger partial charge >= 0.3 is 5.97 Å². The van der Waals surface area contributed by atoms with Gasteiger partial charge in [0.15, 0.2) is 0 Å². The molecule has 1 aromatic heterocycles. The monoisotopic (exact) mass is 602 g/mol. The summed E-state index contributed by atoms with van der Waals surface area (Å²) < 4.78 is 5.36. The van der Waals surface area contributed by atoms with E-state index in [1.54, 1.807) is 16.8 Å². The number of carboxylic acid groups (broad SMARTS) is 1. The zero-order chi connectivity index (χ0) is 31.0. The number of likely N-dealkylation sites (tertiary alicyclic amines) is 1. The molecule has 42 heavy (non-hydrogen) atoms. The zero-order valence-corrected chi connectivity index (χ0v) is 25.7. The Labute approximate surface area is 250 Å². The first-order valence-corrected chi connectivity index (χ1v) is 15.0. The number of nitrogens with one attached hydrogen (secondary N) is 2. The molecule has 1 aliphatic heterocycles. The maximum absolute atomic E-state index is 13.7. The molecule has 2 heterocycles. The third-order valence-corrected chi connectivity index (χ3v) is 8.20. The lowest BCUT2D eigenvalue weighted by atomic mass is 9.85. The topological polar surface area (TPSA) is 158 Å². The Morgan fingerprint density at radius 2 is 1.83 bits per heavy atom. The van der Waals surface area contributed by atoms with Crippen LogP contribution in [0, 0.1) is 12.3 Å². The summed E-state index contributed by atoms with van der Waals surface area (Å²) in [5.41, 5.74) is 4.03. The van der Waals surface area contributed by atoms with E-state index in [1.165, 1.54) is 4.90 Å². The average molecular weight is 603 g/mol. The lowest BCUT2D eigenvalue weighted by Crippen LogP contribution is -2.58. The van der Waals surface area contributed by atoms with E-state index in [0.717, 1.165) is 21.7 Å². The molecule has 12 heteroatoms. The predicted molar refractivity (Wildman–Crippen MR) is 159 cm³/mol. The molecule has 2 aromatic rings. The second-order valence-corrected chi connectivity index (χ2v) is 12.6. The number of aliphatic hydroxyl groups excluding tert-OH is 1. The van der Waals surface area contributed by atoms with Gasteiger partial charge in [-0.25, -0.2) is 4.98 Å². The highest BCUT2D eigenvalue weighted by Crippen LogP contribution is 2.29. The highest BCUT2D eigenvalue weighted by molar-refractivity contribution is 7.13. The number of benzene rings is 1. The molecule has 3 amide bonds. The number of carboxylic acids is 1. The quantitative estimate of drug-likeness (QED) is 0.255. The van der Waals surface area contributed by atoms with Crippen molar-refractivity contribution in [3.8, 4) is 10.4 Å². The Morgan fingerprint density at radius 1 is 1.14 bits per heavy atom. The third-order valence-electron chi connectivity index (χ3n) is 7.22. The van der Waals surface area contributed by atoms with Crippen molar-refractivity contribution in [2.45, 2.75) is 84.5 Å². The van der Waals surface area contributed by atoms with Crippen LogP contribution in [0.25, 0.3) is 10.4 Å². The lowest BCUT2D eigenvalue weighted by Gasteiger charge is -2.35. The number of hydrogen-bond donors (Lipinski definition) is 4. The van der Waals surface area contributed by atoms with E-state index < -0.39 is 41.4 Å². The molecule has 3 rings (SSSR count). The van der Waals surface area contributed by atoms with Gasteiger partial charge in [0.05, 0.1) is 28.2 Å². The van der Waals surface area contributed by atoms with Crippen LogP contribution in [0.15, 0.2) is 29.8 Å². The molecule has 4 N–H and O–H groups in total. The van der Waals surface area contributed by atoms with Crippen molar-refractivity contribution in [2.75, 3.05) is 19.8 Å². The number of ether oxygens (including phenoxy) is 1. The number of carbonyl (C=O) groups excluding carboxylic acids is 3. The number of rotatable bonds is 13. The van der Waals surface area contributed by atoms with Crippen LogP contribution in [0.3, 0.4) is 0 Å². The van der Waals surface area contributed by atoms with Crippen molar-refractivity contribution in [2.24, 2.45) is 5.41 Å². The highest BCUT2D eigenvalue weighted by Gasteiger charge is 2.44. The fourth-order valence-corrected chi connectivity index (χ4v) is 5.67. The number of aliphatic carboxylic acids is 1. The summed E-state index contributed by atoms with van der Waals surface area (Å²) in [5, 5.41) is 24.9. The van der Waals surface area contributed by atoms with Gasteiger partial charge in [0.25, 0.3) is 0 Å². The number of aromatic nitrogens is 1. The molecule has 0 bridgehead atoms. The van der Waals surface area contributed by atoms with Gasteiger partial charge in [0, 0.05) is 26.0 Å². The van der Waals surface area contributed by atoms with E-state index in [4.69, 9.17) is 9.84 Å². The Kier molecular flexibility index (Phi) is 11.6. The van der Waals surface area contributed by atoms with Crippen LogP contribution in [-0.2, 0) is 23.9 Å². The van der Waals surface area contributed by atoms with Crippen molar-refractivity contribution < 1.29 is 34.1 Å². The molecule has 0 spiro atoms. The third kappa shape index (κ3) is 9.07.